The van der Waals surface area contributed by atoms with Gasteiger partial charge >= 0.3 is 5.69 Å². The lowest BCUT2D eigenvalue weighted by Gasteiger charge is -2.15. The zero-order chi connectivity index (χ0) is 23.9. The quantitative estimate of drug-likeness (QED) is 0.102. The number of halogens is 1. The van der Waals surface area contributed by atoms with Crippen molar-refractivity contribution in [1.82, 2.24) is 4.98 Å². The minimum Gasteiger partial charge on any atom is -0.379 e. The van der Waals surface area contributed by atoms with Crippen LogP contribution in [0.25, 0.3) is 10.9 Å². The topological polar surface area (TPSA) is 114 Å². The molecule has 184 valence electrons. The van der Waals surface area contributed by atoms with Crippen molar-refractivity contribution in [2.24, 2.45) is 0 Å². The summed E-state index contributed by atoms with van der Waals surface area (Å²) in [7, 11) is -0.872. The van der Waals surface area contributed by atoms with Crippen LogP contribution >= 0.6 is 20.0 Å². The fourth-order valence-corrected chi connectivity index (χ4v) is 4.34. The summed E-state index contributed by atoms with van der Waals surface area (Å²) in [4.78, 5) is 15.0. The Labute approximate surface area is 199 Å². The molecule has 12 heteroatoms. The summed E-state index contributed by atoms with van der Waals surface area (Å²) in [5, 5.41) is 15.0. The van der Waals surface area contributed by atoms with Crippen LogP contribution < -0.4 is 5.32 Å². The summed E-state index contributed by atoms with van der Waals surface area (Å²) in [6, 6.07) is 7.11. The first-order chi connectivity index (χ1) is 16.1. The van der Waals surface area contributed by atoms with E-state index in [0.29, 0.717) is 76.0 Å². The van der Waals surface area contributed by atoms with Crippen LogP contribution in [0.1, 0.15) is 13.8 Å². The number of fused-ring (bicyclic) bond motifs is 1. The molecule has 33 heavy (non-hydrogen) atoms. The molecule has 0 saturated carbocycles. The Morgan fingerprint density at radius 2 is 1.61 bits per heavy atom. The molecule has 0 unspecified atom stereocenters. The van der Waals surface area contributed by atoms with Crippen molar-refractivity contribution < 1.29 is 28.2 Å². The highest BCUT2D eigenvalue weighted by Crippen LogP contribution is 2.38. The van der Waals surface area contributed by atoms with E-state index in [1.807, 2.05) is 13.8 Å². The van der Waals surface area contributed by atoms with Crippen LogP contribution in [0.15, 0.2) is 24.3 Å². The van der Waals surface area contributed by atoms with E-state index in [1.54, 1.807) is 24.3 Å². The van der Waals surface area contributed by atoms with E-state index in [2.05, 4.69) is 10.3 Å². The van der Waals surface area contributed by atoms with Crippen molar-refractivity contribution in [3.05, 3.63) is 39.5 Å². The lowest BCUT2D eigenvalue weighted by Crippen LogP contribution is -2.15. The van der Waals surface area contributed by atoms with Gasteiger partial charge in [0.25, 0.3) is 0 Å². The number of anilines is 1. The van der Waals surface area contributed by atoms with E-state index in [1.165, 1.54) is 0 Å². The number of nitrogens with one attached hydrogen (secondary N) is 1. The van der Waals surface area contributed by atoms with Crippen LogP contribution in [0.5, 0.6) is 0 Å². The molecule has 0 atom stereocenters. The zero-order valence-electron chi connectivity index (χ0n) is 19.0. The third-order valence-electron chi connectivity index (χ3n) is 4.26. The van der Waals surface area contributed by atoms with Gasteiger partial charge in [-0.05, 0) is 19.9 Å². The van der Waals surface area contributed by atoms with E-state index in [-0.39, 0.29) is 10.8 Å². The monoisotopic (exact) mass is 503 g/mol. The fraction of sp³-hybridized carbons (Fsp3) is 0.571. The third kappa shape index (κ3) is 9.62. The molecule has 2 rings (SSSR count). The molecule has 1 heterocycles. The van der Waals surface area contributed by atoms with Gasteiger partial charge in [-0.15, -0.1) is 0 Å². The number of ether oxygens (including phenoxy) is 3. The van der Waals surface area contributed by atoms with Gasteiger partial charge in [0, 0.05) is 18.1 Å². The van der Waals surface area contributed by atoms with Crippen molar-refractivity contribution in [3.8, 4) is 0 Å². The van der Waals surface area contributed by atoms with Crippen molar-refractivity contribution in [3.63, 3.8) is 0 Å². The maximum atomic E-state index is 11.5. The Balaban J connectivity index is 1.60. The van der Waals surface area contributed by atoms with Gasteiger partial charge in [0.1, 0.15) is 5.69 Å². The highest BCUT2D eigenvalue weighted by molar-refractivity contribution is 7.47. The highest BCUT2D eigenvalue weighted by Gasteiger charge is 2.23. The van der Waals surface area contributed by atoms with Gasteiger partial charge in [-0.2, -0.15) is 0 Å². The second kappa shape index (κ2) is 16.1. The summed E-state index contributed by atoms with van der Waals surface area (Å²) in [6.07, 6.45) is 0.739. The fourth-order valence-electron chi connectivity index (χ4n) is 2.90. The van der Waals surface area contributed by atoms with Crippen molar-refractivity contribution in [2.45, 2.75) is 13.8 Å². The number of hydrogen-bond acceptors (Lipinski definition) is 9. The molecule has 0 radical (unpaired) electrons. The Hall–Kier alpha value is -1.65. The third-order valence-corrected chi connectivity index (χ3v) is 6.17. The number of nitro groups is 1. The van der Waals surface area contributed by atoms with Gasteiger partial charge in [-0.3, -0.25) is 10.1 Å². The summed E-state index contributed by atoms with van der Waals surface area (Å²) >= 11 is 6.03. The molecule has 0 aliphatic rings. The van der Waals surface area contributed by atoms with Crippen LogP contribution in [0.3, 0.4) is 0 Å². The van der Waals surface area contributed by atoms with E-state index in [9.17, 15) is 10.1 Å². The van der Waals surface area contributed by atoms with Gasteiger partial charge in [-0.1, -0.05) is 29.8 Å². The molecule has 0 aliphatic heterocycles. The number of pyridine rings is 1. The molecular weight excluding hydrogens is 473 g/mol. The Morgan fingerprint density at radius 1 is 1.00 bits per heavy atom. The predicted molar refractivity (Wildman–Crippen MR) is 129 cm³/mol. The standard InChI is InChI=1S/C21H31ClN3O7P/c1-3-31-33(32-4-2)16-15-30-14-13-29-12-11-28-10-9-23-19-17-7-5-6-8-18(17)24-21(22)20(19)25(26)27/h5-8H,3-4,9-16H2,1-2H3,(H,23,24). The number of nitrogens with zero attached hydrogens (tertiary/aromatic N) is 2. The van der Waals surface area contributed by atoms with Gasteiger partial charge in [0.15, 0.2) is 8.38 Å². The largest absolute Gasteiger partial charge is 0.379 e. The summed E-state index contributed by atoms with van der Waals surface area (Å²) < 4.78 is 27.6. The lowest BCUT2D eigenvalue weighted by atomic mass is 10.1. The normalized spacial score (nSPS) is 11.4. The summed E-state index contributed by atoms with van der Waals surface area (Å²) in [5.41, 5.74) is 0.679. The SMILES string of the molecule is CCOP(CCOCCOCCOCCNc1c([N+](=O)[O-])c(Cl)nc2ccccc12)OCC. The molecule has 0 spiro atoms. The van der Waals surface area contributed by atoms with E-state index in [0.717, 1.165) is 6.16 Å². The molecule has 2 aromatic rings. The Morgan fingerprint density at radius 3 is 2.24 bits per heavy atom. The zero-order valence-corrected chi connectivity index (χ0v) is 20.6. The molecule has 0 saturated heterocycles. The molecular formula is C21H31ClN3O7P. The van der Waals surface area contributed by atoms with Crippen LogP contribution in [0.4, 0.5) is 11.4 Å². The van der Waals surface area contributed by atoms with Crippen molar-refractivity contribution in [1.29, 1.82) is 0 Å². The van der Waals surface area contributed by atoms with Crippen molar-refractivity contribution in [2.75, 3.05) is 70.9 Å². The van der Waals surface area contributed by atoms with E-state index in [4.69, 9.17) is 34.9 Å². The van der Waals surface area contributed by atoms with Crippen LogP contribution in [-0.2, 0) is 23.3 Å². The summed E-state index contributed by atoms with van der Waals surface area (Å²) in [6.45, 7) is 8.24. The second-order valence-corrected chi connectivity index (χ2v) is 8.54. The molecule has 0 bridgehead atoms. The van der Waals surface area contributed by atoms with Crippen LogP contribution in [0, 0.1) is 10.1 Å². The maximum absolute atomic E-state index is 11.5. The number of aromatic nitrogens is 1. The van der Waals surface area contributed by atoms with Crippen LogP contribution in [-0.4, -0.2) is 75.5 Å². The second-order valence-electron chi connectivity index (χ2n) is 6.56. The predicted octanol–water partition coefficient (Wildman–Crippen LogP) is 4.64. The van der Waals surface area contributed by atoms with E-state index < -0.39 is 13.3 Å². The number of para-hydroxylation sites is 1. The minimum atomic E-state index is -0.872. The van der Waals surface area contributed by atoms with Gasteiger partial charge < -0.3 is 28.6 Å². The first-order valence-corrected chi connectivity index (χ1v) is 12.6. The molecule has 1 aromatic heterocycles. The average molecular weight is 504 g/mol. The maximum Gasteiger partial charge on any atom is 0.329 e. The molecule has 0 fully saturated rings. The average Bonchev–Trinajstić information content (AvgIpc) is 2.79. The van der Waals surface area contributed by atoms with Crippen molar-refractivity contribution >= 4 is 42.3 Å². The molecule has 1 N–H and O–H groups in total. The molecule has 1 aromatic carbocycles. The minimum absolute atomic E-state index is 0.148. The molecule has 0 amide bonds. The van der Waals surface area contributed by atoms with Gasteiger partial charge in [0.2, 0.25) is 5.15 Å². The number of hydrogen-bond donors (Lipinski definition) is 1. The van der Waals surface area contributed by atoms with Gasteiger partial charge in [0.05, 0.1) is 63.3 Å². The van der Waals surface area contributed by atoms with Crippen LogP contribution in [0.2, 0.25) is 5.15 Å². The van der Waals surface area contributed by atoms with E-state index >= 15 is 0 Å². The summed E-state index contributed by atoms with van der Waals surface area (Å²) in [5.74, 6) is 0. The smallest absolute Gasteiger partial charge is 0.329 e. The van der Waals surface area contributed by atoms with Gasteiger partial charge in [-0.25, -0.2) is 4.98 Å². The number of rotatable bonds is 18. The molecule has 10 nitrogen and oxygen atoms in total. The first kappa shape index (κ1) is 27.6. The highest BCUT2D eigenvalue weighted by atomic mass is 35.5. The Kier molecular flexibility index (Phi) is 13.4. The number of benzene rings is 1. The lowest BCUT2D eigenvalue weighted by molar-refractivity contribution is -0.384. The first-order valence-electron chi connectivity index (χ1n) is 10.8. The Bertz CT molecular complexity index is 856. The molecule has 0 aliphatic carbocycles.